The van der Waals surface area contributed by atoms with E-state index in [-0.39, 0.29) is 22.1 Å². The lowest BCUT2D eigenvalue weighted by molar-refractivity contribution is 0.0283. The first-order chi connectivity index (χ1) is 15.2. The number of rotatable bonds is 5. The molecule has 0 bridgehead atoms. The van der Waals surface area contributed by atoms with Gasteiger partial charge < -0.3 is 18.8 Å². The molecule has 0 saturated carbocycles. The summed E-state index contributed by atoms with van der Waals surface area (Å²) in [6.07, 6.45) is 0. The number of aryl methyl sites for hydroxylation is 2. The molecule has 170 valence electrons. The van der Waals surface area contributed by atoms with Gasteiger partial charge in [-0.2, -0.15) is 0 Å². The minimum absolute atomic E-state index is 0.0273. The van der Waals surface area contributed by atoms with Gasteiger partial charge in [-0.05, 0) is 50.1 Å². The number of benzene rings is 2. The van der Waals surface area contributed by atoms with Gasteiger partial charge in [0.05, 0.1) is 26.0 Å². The zero-order valence-electron chi connectivity index (χ0n) is 18.5. The number of carbonyl (C=O) groups is 1. The molecule has 9 heteroatoms. The minimum atomic E-state index is -4.02. The summed E-state index contributed by atoms with van der Waals surface area (Å²) in [4.78, 5) is 14.8. The highest BCUT2D eigenvalue weighted by Crippen LogP contribution is 2.36. The SMILES string of the molecule is COc1cccc(NS(=O)(=O)c2c(C)c(C)cc3c(C)c(C(=O)N4CCOCC4)oc23)c1. The molecule has 0 unspecified atom stereocenters. The first-order valence-corrected chi connectivity index (χ1v) is 11.8. The molecule has 0 atom stereocenters. The molecule has 0 radical (unpaired) electrons. The van der Waals surface area contributed by atoms with E-state index in [4.69, 9.17) is 13.9 Å². The first-order valence-electron chi connectivity index (χ1n) is 10.3. The normalized spacial score (nSPS) is 14.6. The third-order valence-corrected chi connectivity index (χ3v) is 7.31. The number of carbonyl (C=O) groups excluding carboxylic acids is 1. The average molecular weight is 459 g/mol. The number of morpholine rings is 1. The fourth-order valence-corrected chi connectivity index (χ4v) is 5.37. The molecule has 1 saturated heterocycles. The van der Waals surface area contributed by atoms with Gasteiger partial charge in [0.15, 0.2) is 11.3 Å². The number of sulfonamides is 1. The zero-order chi connectivity index (χ0) is 23.0. The summed E-state index contributed by atoms with van der Waals surface area (Å²) in [5, 5.41) is 0.607. The highest BCUT2D eigenvalue weighted by molar-refractivity contribution is 7.93. The maximum Gasteiger partial charge on any atom is 0.290 e. The molecule has 32 heavy (non-hydrogen) atoms. The fraction of sp³-hybridized carbons (Fsp3) is 0.348. The van der Waals surface area contributed by atoms with Gasteiger partial charge in [-0.15, -0.1) is 0 Å². The monoisotopic (exact) mass is 458 g/mol. The van der Waals surface area contributed by atoms with Crippen molar-refractivity contribution in [2.75, 3.05) is 38.1 Å². The van der Waals surface area contributed by atoms with E-state index in [2.05, 4.69) is 4.72 Å². The van der Waals surface area contributed by atoms with Crippen molar-refractivity contribution >= 4 is 32.6 Å². The number of nitrogens with one attached hydrogen (secondary N) is 1. The van der Waals surface area contributed by atoms with Crippen LogP contribution in [0.5, 0.6) is 5.75 Å². The van der Waals surface area contributed by atoms with Crippen molar-refractivity contribution in [3.8, 4) is 5.75 Å². The van der Waals surface area contributed by atoms with Crippen LogP contribution in [-0.2, 0) is 14.8 Å². The largest absolute Gasteiger partial charge is 0.497 e. The molecule has 0 spiro atoms. The van der Waals surface area contributed by atoms with Crippen LogP contribution < -0.4 is 9.46 Å². The van der Waals surface area contributed by atoms with Gasteiger partial charge in [0.2, 0.25) is 0 Å². The molecular weight excluding hydrogens is 432 g/mol. The van der Waals surface area contributed by atoms with Crippen molar-refractivity contribution in [1.82, 2.24) is 4.90 Å². The van der Waals surface area contributed by atoms with Crippen LogP contribution in [0, 0.1) is 20.8 Å². The third-order valence-electron chi connectivity index (χ3n) is 5.78. The lowest BCUT2D eigenvalue weighted by Gasteiger charge is -2.26. The Morgan fingerprint density at radius 2 is 1.81 bits per heavy atom. The minimum Gasteiger partial charge on any atom is -0.497 e. The van der Waals surface area contributed by atoms with Crippen molar-refractivity contribution in [2.24, 2.45) is 0 Å². The topological polar surface area (TPSA) is 98.1 Å². The van der Waals surface area contributed by atoms with Gasteiger partial charge in [0.1, 0.15) is 10.6 Å². The highest BCUT2D eigenvalue weighted by atomic mass is 32.2. The zero-order valence-corrected chi connectivity index (χ0v) is 19.3. The molecule has 0 aliphatic carbocycles. The van der Waals surface area contributed by atoms with Crippen LogP contribution in [0.15, 0.2) is 39.6 Å². The number of ether oxygens (including phenoxy) is 2. The lowest BCUT2D eigenvalue weighted by Crippen LogP contribution is -2.40. The van der Waals surface area contributed by atoms with Crippen LogP contribution in [-0.4, -0.2) is 52.6 Å². The van der Waals surface area contributed by atoms with Gasteiger partial charge in [-0.1, -0.05) is 6.07 Å². The molecule has 1 aliphatic heterocycles. The Morgan fingerprint density at radius 3 is 2.50 bits per heavy atom. The molecule has 2 heterocycles. The van der Waals surface area contributed by atoms with E-state index in [0.717, 1.165) is 5.56 Å². The molecule has 1 aromatic heterocycles. The van der Waals surface area contributed by atoms with Crippen LogP contribution in [0.3, 0.4) is 0 Å². The van der Waals surface area contributed by atoms with Gasteiger partial charge in [-0.3, -0.25) is 9.52 Å². The van der Waals surface area contributed by atoms with E-state index in [0.29, 0.717) is 54.3 Å². The second kappa shape index (κ2) is 8.48. The summed E-state index contributed by atoms with van der Waals surface area (Å²) >= 11 is 0. The van der Waals surface area contributed by atoms with Gasteiger partial charge in [0.25, 0.3) is 15.9 Å². The number of furan rings is 1. The summed E-state index contributed by atoms with van der Waals surface area (Å²) in [5.74, 6) is 0.426. The van der Waals surface area contributed by atoms with E-state index >= 15 is 0 Å². The molecule has 4 rings (SSSR count). The first kappa shape index (κ1) is 22.2. The van der Waals surface area contributed by atoms with Gasteiger partial charge in [0, 0.05) is 30.1 Å². The van der Waals surface area contributed by atoms with Crippen LogP contribution in [0.4, 0.5) is 5.69 Å². The Morgan fingerprint density at radius 1 is 1.09 bits per heavy atom. The van der Waals surface area contributed by atoms with Crippen LogP contribution in [0.1, 0.15) is 27.2 Å². The second-order valence-corrected chi connectivity index (χ2v) is 9.44. The lowest BCUT2D eigenvalue weighted by atomic mass is 10.0. The summed E-state index contributed by atoms with van der Waals surface area (Å²) in [6.45, 7) is 7.22. The maximum atomic E-state index is 13.5. The summed E-state index contributed by atoms with van der Waals surface area (Å²) in [6, 6.07) is 8.53. The quantitative estimate of drug-likeness (QED) is 0.627. The number of amides is 1. The van der Waals surface area contributed by atoms with Crippen molar-refractivity contribution in [3.63, 3.8) is 0 Å². The summed E-state index contributed by atoms with van der Waals surface area (Å²) in [5.41, 5.74) is 2.52. The molecule has 8 nitrogen and oxygen atoms in total. The Labute approximate surface area is 187 Å². The highest BCUT2D eigenvalue weighted by Gasteiger charge is 2.30. The maximum absolute atomic E-state index is 13.5. The van der Waals surface area contributed by atoms with Crippen LogP contribution in [0.2, 0.25) is 0 Å². The van der Waals surface area contributed by atoms with Crippen molar-refractivity contribution in [3.05, 3.63) is 52.8 Å². The van der Waals surface area contributed by atoms with Crippen LogP contribution in [0.25, 0.3) is 11.0 Å². The van der Waals surface area contributed by atoms with Gasteiger partial charge in [-0.25, -0.2) is 8.42 Å². The molecule has 1 fully saturated rings. The van der Waals surface area contributed by atoms with Crippen molar-refractivity contribution < 1.29 is 27.1 Å². The number of hydrogen-bond donors (Lipinski definition) is 1. The van der Waals surface area contributed by atoms with E-state index in [1.165, 1.54) is 7.11 Å². The Bertz CT molecular complexity index is 1290. The molecule has 1 N–H and O–H groups in total. The predicted molar refractivity (Wildman–Crippen MR) is 121 cm³/mol. The average Bonchev–Trinajstić information content (AvgIpc) is 3.09. The van der Waals surface area contributed by atoms with E-state index in [1.54, 1.807) is 43.0 Å². The van der Waals surface area contributed by atoms with Crippen LogP contribution >= 0.6 is 0 Å². The molecule has 1 aliphatic rings. The predicted octanol–water partition coefficient (Wildman–Crippen LogP) is 3.64. The van der Waals surface area contributed by atoms with Crippen molar-refractivity contribution in [1.29, 1.82) is 0 Å². The third kappa shape index (κ3) is 3.93. The summed E-state index contributed by atoms with van der Waals surface area (Å²) in [7, 11) is -2.50. The molecule has 3 aromatic rings. The standard InChI is InChI=1S/C23H26N2O6S/c1-14-12-19-16(3)20(23(26)25-8-10-30-11-9-25)31-21(19)22(15(14)2)32(27,28)24-17-6-5-7-18(13-17)29-4/h5-7,12-13,24H,8-11H2,1-4H3. The Kier molecular flexibility index (Phi) is 5.87. The number of methoxy groups -OCH3 is 1. The number of hydrogen-bond acceptors (Lipinski definition) is 6. The molecule has 2 aromatic carbocycles. The number of anilines is 1. The number of fused-ring (bicyclic) bond motifs is 1. The Balaban J connectivity index is 1.83. The van der Waals surface area contributed by atoms with E-state index in [1.807, 2.05) is 13.0 Å². The van der Waals surface area contributed by atoms with Gasteiger partial charge >= 0.3 is 0 Å². The van der Waals surface area contributed by atoms with E-state index in [9.17, 15) is 13.2 Å². The fourth-order valence-electron chi connectivity index (χ4n) is 3.87. The molecule has 1 amide bonds. The molecular formula is C23H26N2O6S. The van der Waals surface area contributed by atoms with E-state index < -0.39 is 10.0 Å². The smallest absolute Gasteiger partial charge is 0.290 e. The van der Waals surface area contributed by atoms with Crippen molar-refractivity contribution in [2.45, 2.75) is 25.7 Å². The summed E-state index contributed by atoms with van der Waals surface area (Å²) < 4.78 is 46.0. The number of nitrogens with zero attached hydrogens (tertiary/aromatic N) is 1. The second-order valence-electron chi connectivity index (χ2n) is 7.82. The Hall–Kier alpha value is -3.04.